The number of benzene rings is 2. The van der Waals surface area contributed by atoms with E-state index in [0.29, 0.717) is 32.7 Å². The van der Waals surface area contributed by atoms with E-state index in [1.165, 1.54) is 23.5 Å². The van der Waals surface area contributed by atoms with Crippen molar-refractivity contribution >= 4 is 39.1 Å². The van der Waals surface area contributed by atoms with Crippen molar-refractivity contribution < 1.29 is 18.7 Å². The SMILES string of the molecule is N#Cc1c(NC(=O)COC(=O)c2cc(-c3ccc(F)cc3)nc3ccccc23)sc2c1CCCCC2. The molecule has 0 fully saturated rings. The molecule has 2 aromatic heterocycles. The number of anilines is 1. The van der Waals surface area contributed by atoms with E-state index in [1.807, 2.05) is 6.07 Å². The normalized spacial score (nSPS) is 12.9. The summed E-state index contributed by atoms with van der Waals surface area (Å²) < 4.78 is 18.7. The third-order valence-corrected chi connectivity index (χ3v) is 7.40. The highest BCUT2D eigenvalue weighted by molar-refractivity contribution is 7.16. The number of pyridine rings is 1. The van der Waals surface area contributed by atoms with Crippen molar-refractivity contribution in [2.45, 2.75) is 32.1 Å². The summed E-state index contributed by atoms with van der Waals surface area (Å²) in [5.41, 5.74) is 3.52. The monoisotopic (exact) mass is 499 g/mol. The van der Waals surface area contributed by atoms with E-state index in [2.05, 4.69) is 16.4 Å². The fourth-order valence-corrected chi connectivity index (χ4v) is 5.69. The number of esters is 1. The average molecular weight is 500 g/mol. The number of amides is 1. The molecule has 8 heteroatoms. The molecule has 0 aliphatic heterocycles. The van der Waals surface area contributed by atoms with Crippen LogP contribution < -0.4 is 5.32 Å². The maximum atomic E-state index is 13.4. The van der Waals surface area contributed by atoms with Crippen molar-refractivity contribution in [1.82, 2.24) is 4.98 Å². The molecule has 0 saturated carbocycles. The van der Waals surface area contributed by atoms with E-state index in [4.69, 9.17) is 4.74 Å². The summed E-state index contributed by atoms with van der Waals surface area (Å²) in [6.45, 7) is -0.491. The van der Waals surface area contributed by atoms with Crippen LogP contribution in [0.1, 0.15) is 45.6 Å². The number of para-hydroxylation sites is 1. The molecule has 1 aliphatic carbocycles. The second-order valence-electron chi connectivity index (χ2n) is 8.58. The lowest BCUT2D eigenvalue weighted by Crippen LogP contribution is -2.21. The maximum Gasteiger partial charge on any atom is 0.339 e. The number of fused-ring (bicyclic) bond motifs is 2. The van der Waals surface area contributed by atoms with Crippen LogP contribution in [0.2, 0.25) is 0 Å². The molecular weight excluding hydrogens is 477 g/mol. The topological polar surface area (TPSA) is 92.1 Å². The van der Waals surface area contributed by atoms with Crippen molar-refractivity contribution in [3.8, 4) is 17.3 Å². The van der Waals surface area contributed by atoms with Gasteiger partial charge in [-0.2, -0.15) is 5.26 Å². The van der Waals surface area contributed by atoms with Gasteiger partial charge in [-0.05, 0) is 67.6 Å². The van der Waals surface area contributed by atoms with Gasteiger partial charge < -0.3 is 10.1 Å². The zero-order valence-corrected chi connectivity index (χ0v) is 20.2. The predicted octanol–water partition coefficient (Wildman–Crippen LogP) is 6.04. The molecule has 2 aromatic carbocycles. The summed E-state index contributed by atoms with van der Waals surface area (Å²) in [4.78, 5) is 31.4. The Hall–Kier alpha value is -4.09. The summed E-state index contributed by atoms with van der Waals surface area (Å²) in [5, 5.41) is 13.5. The van der Waals surface area contributed by atoms with Crippen molar-refractivity contribution in [3.05, 3.63) is 82.0 Å². The van der Waals surface area contributed by atoms with Crippen molar-refractivity contribution in [1.29, 1.82) is 5.26 Å². The summed E-state index contributed by atoms with van der Waals surface area (Å²) >= 11 is 1.43. The summed E-state index contributed by atoms with van der Waals surface area (Å²) in [6, 6.07) is 16.8. The molecule has 5 rings (SSSR count). The quantitative estimate of drug-likeness (QED) is 0.267. The predicted molar refractivity (Wildman–Crippen MR) is 136 cm³/mol. The van der Waals surface area contributed by atoms with E-state index in [-0.39, 0.29) is 11.4 Å². The number of nitriles is 1. The molecule has 6 nitrogen and oxygen atoms in total. The first kappa shape index (κ1) is 23.6. The van der Waals surface area contributed by atoms with Crippen LogP contribution in [0.15, 0.2) is 54.6 Å². The van der Waals surface area contributed by atoms with Crippen molar-refractivity contribution in [2.24, 2.45) is 0 Å². The third-order valence-electron chi connectivity index (χ3n) is 6.20. The number of ether oxygens (including phenoxy) is 1. The summed E-state index contributed by atoms with van der Waals surface area (Å²) in [7, 11) is 0. The molecular formula is C28H22FN3O3S. The Bertz CT molecular complexity index is 1510. The molecule has 1 aliphatic rings. The van der Waals surface area contributed by atoms with Gasteiger partial charge in [0.2, 0.25) is 0 Å². The van der Waals surface area contributed by atoms with Gasteiger partial charge in [0.15, 0.2) is 6.61 Å². The summed E-state index contributed by atoms with van der Waals surface area (Å²) in [6.07, 6.45) is 4.99. The molecule has 180 valence electrons. The first-order valence-corrected chi connectivity index (χ1v) is 12.5. The van der Waals surface area contributed by atoms with Crippen LogP contribution in [0.25, 0.3) is 22.2 Å². The molecule has 1 N–H and O–H groups in total. The molecule has 0 atom stereocenters. The zero-order chi connectivity index (χ0) is 25.1. The van der Waals surface area contributed by atoms with Gasteiger partial charge in [-0.1, -0.05) is 24.6 Å². The molecule has 2 heterocycles. The number of aromatic nitrogens is 1. The van der Waals surface area contributed by atoms with Gasteiger partial charge in [0, 0.05) is 15.8 Å². The lowest BCUT2D eigenvalue weighted by molar-refractivity contribution is -0.119. The first-order valence-electron chi connectivity index (χ1n) is 11.7. The minimum absolute atomic E-state index is 0.258. The Morgan fingerprint density at radius 2 is 1.86 bits per heavy atom. The second kappa shape index (κ2) is 10.3. The van der Waals surface area contributed by atoms with Gasteiger partial charge >= 0.3 is 5.97 Å². The van der Waals surface area contributed by atoms with E-state index < -0.39 is 18.5 Å². The minimum atomic E-state index is -0.672. The van der Waals surface area contributed by atoms with Crippen LogP contribution in [0.5, 0.6) is 0 Å². The molecule has 0 unspecified atom stereocenters. The van der Waals surface area contributed by atoms with Crippen LogP contribution in [0.3, 0.4) is 0 Å². The number of nitrogens with one attached hydrogen (secondary N) is 1. The molecule has 0 spiro atoms. The van der Waals surface area contributed by atoms with Crippen LogP contribution in [0.4, 0.5) is 9.39 Å². The third kappa shape index (κ3) is 4.83. The van der Waals surface area contributed by atoms with Crippen LogP contribution >= 0.6 is 11.3 Å². The first-order chi connectivity index (χ1) is 17.5. The highest BCUT2D eigenvalue weighted by Gasteiger charge is 2.22. The number of carbonyl (C=O) groups excluding carboxylic acids is 2. The molecule has 0 radical (unpaired) electrons. The Labute approximate surface area is 211 Å². The van der Waals surface area contributed by atoms with Crippen LogP contribution in [-0.2, 0) is 22.4 Å². The number of carbonyl (C=O) groups is 2. The Kier molecular flexibility index (Phi) is 6.74. The fourth-order valence-electron chi connectivity index (χ4n) is 4.43. The number of nitrogens with zero attached hydrogens (tertiary/aromatic N) is 2. The Morgan fingerprint density at radius 1 is 1.08 bits per heavy atom. The maximum absolute atomic E-state index is 13.4. The second-order valence-corrected chi connectivity index (χ2v) is 9.69. The van der Waals surface area contributed by atoms with Crippen LogP contribution in [0, 0.1) is 17.1 Å². The molecule has 0 bridgehead atoms. The number of hydrogen-bond acceptors (Lipinski definition) is 6. The van der Waals surface area contributed by atoms with E-state index in [0.717, 1.165) is 42.5 Å². The van der Waals surface area contributed by atoms with Gasteiger partial charge in [-0.15, -0.1) is 11.3 Å². The van der Waals surface area contributed by atoms with Gasteiger partial charge in [-0.3, -0.25) is 4.79 Å². The highest BCUT2D eigenvalue weighted by atomic mass is 32.1. The van der Waals surface area contributed by atoms with Crippen molar-refractivity contribution in [2.75, 3.05) is 11.9 Å². The molecule has 36 heavy (non-hydrogen) atoms. The van der Waals surface area contributed by atoms with Crippen molar-refractivity contribution in [3.63, 3.8) is 0 Å². The number of halogens is 1. The fraction of sp³-hybridized carbons (Fsp3) is 0.214. The van der Waals surface area contributed by atoms with Gasteiger partial charge in [0.05, 0.1) is 22.3 Å². The van der Waals surface area contributed by atoms with Gasteiger partial charge in [0.25, 0.3) is 5.91 Å². The largest absolute Gasteiger partial charge is 0.452 e. The number of rotatable bonds is 5. The Balaban J connectivity index is 1.35. The van der Waals surface area contributed by atoms with Crippen LogP contribution in [-0.4, -0.2) is 23.5 Å². The number of hydrogen-bond donors (Lipinski definition) is 1. The van der Waals surface area contributed by atoms with Gasteiger partial charge in [-0.25, -0.2) is 14.2 Å². The lowest BCUT2D eigenvalue weighted by atomic mass is 10.0. The van der Waals surface area contributed by atoms with E-state index in [9.17, 15) is 19.2 Å². The number of thiophene rings is 1. The minimum Gasteiger partial charge on any atom is -0.452 e. The van der Waals surface area contributed by atoms with E-state index in [1.54, 1.807) is 36.4 Å². The summed E-state index contributed by atoms with van der Waals surface area (Å²) in [5.74, 6) is -1.55. The highest BCUT2D eigenvalue weighted by Crippen LogP contribution is 2.37. The standard InChI is InChI=1S/C28H22FN3O3S/c29-18-12-10-17(11-13-18)24-14-21(19-6-4-5-8-23(19)31-24)28(34)35-16-26(33)32-27-22(15-30)20-7-2-1-3-9-25(20)36-27/h4-6,8,10-14H,1-3,7,9,16H2,(H,32,33). The molecule has 0 saturated heterocycles. The Morgan fingerprint density at radius 3 is 2.67 bits per heavy atom. The lowest BCUT2D eigenvalue weighted by Gasteiger charge is -2.10. The average Bonchev–Trinajstić information content (AvgIpc) is 3.05. The van der Waals surface area contributed by atoms with E-state index >= 15 is 0 Å². The smallest absolute Gasteiger partial charge is 0.339 e. The zero-order valence-electron chi connectivity index (χ0n) is 19.3. The molecule has 4 aromatic rings. The van der Waals surface area contributed by atoms with Gasteiger partial charge in [0.1, 0.15) is 16.9 Å². The number of aryl methyl sites for hydroxylation is 1. The molecule has 1 amide bonds.